The minimum atomic E-state index is -0.888. The fraction of sp³-hybridized carbons (Fsp3) is 0.0833. The summed E-state index contributed by atoms with van der Waals surface area (Å²) >= 11 is 0. The van der Waals surface area contributed by atoms with Crippen molar-refractivity contribution >= 4 is 29.7 Å². The molecule has 0 fully saturated rings. The fourth-order valence-electron chi connectivity index (χ4n) is 2.60. The lowest BCUT2D eigenvalue weighted by Gasteiger charge is -2.05. The maximum Gasteiger partial charge on any atom is 0.343 e. The summed E-state index contributed by atoms with van der Waals surface area (Å²) in [4.78, 5) is 35.9. The van der Waals surface area contributed by atoms with Crippen molar-refractivity contribution < 1.29 is 19.1 Å². The zero-order chi connectivity index (χ0) is 22.2. The van der Waals surface area contributed by atoms with Gasteiger partial charge in [-0.1, -0.05) is 35.4 Å². The molecule has 0 saturated heterocycles. The molecule has 0 unspecified atom stereocenters. The first kappa shape index (κ1) is 21.4. The van der Waals surface area contributed by atoms with E-state index in [4.69, 9.17) is 4.74 Å². The molecule has 7 nitrogen and oxygen atoms in total. The van der Waals surface area contributed by atoms with Gasteiger partial charge in [0.1, 0.15) is 5.75 Å². The Bertz CT molecular complexity index is 1120. The molecule has 7 heteroatoms. The minimum absolute atomic E-state index is 0.380. The van der Waals surface area contributed by atoms with Gasteiger partial charge in [-0.3, -0.25) is 9.59 Å². The third-order valence-corrected chi connectivity index (χ3v) is 4.24. The van der Waals surface area contributed by atoms with Crippen LogP contribution in [0.4, 0.5) is 5.69 Å². The van der Waals surface area contributed by atoms with Crippen LogP contribution in [-0.4, -0.2) is 24.0 Å². The summed E-state index contributed by atoms with van der Waals surface area (Å²) in [5, 5.41) is 6.26. The average Bonchev–Trinajstić information content (AvgIpc) is 2.76. The van der Waals surface area contributed by atoms with E-state index in [0.717, 1.165) is 11.1 Å². The highest BCUT2D eigenvalue weighted by Crippen LogP contribution is 2.14. The molecular formula is C24H21N3O4. The largest absolute Gasteiger partial charge is 0.423 e. The van der Waals surface area contributed by atoms with Crippen LogP contribution in [0.2, 0.25) is 0 Å². The predicted octanol–water partition coefficient (Wildman–Crippen LogP) is 3.61. The maximum absolute atomic E-state index is 12.2. The molecule has 0 aromatic heterocycles. The van der Waals surface area contributed by atoms with Gasteiger partial charge in [-0.2, -0.15) is 5.10 Å². The summed E-state index contributed by atoms with van der Waals surface area (Å²) in [7, 11) is 0. The van der Waals surface area contributed by atoms with Gasteiger partial charge < -0.3 is 10.1 Å². The molecule has 2 N–H and O–H groups in total. The Hall–Kier alpha value is -4.26. The zero-order valence-electron chi connectivity index (χ0n) is 17.1. The molecule has 3 aromatic rings. The van der Waals surface area contributed by atoms with Crippen LogP contribution in [0.15, 0.2) is 77.9 Å². The van der Waals surface area contributed by atoms with Crippen LogP contribution in [0.25, 0.3) is 0 Å². The van der Waals surface area contributed by atoms with E-state index in [2.05, 4.69) is 15.8 Å². The highest BCUT2D eigenvalue weighted by Gasteiger charge is 2.12. The van der Waals surface area contributed by atoms with Crippen molar-refractivity contribution in [3.63, 3.8) is 0 Å². The van der Waals surface area contributed by atoms with E-state index >= 15 is 0 Å². The second-order valence-electron chi connectivity index (χ2n) is 6.85. The van der Waals surface area contributed by atoms with Crippen LogP contribution < -0.4 is 15.5 Å². The van der Waals surface area contributed by atoms with Crippen LogP contribution in [0.3, 0.4) is 0 Å². The number of esters is 1. The molecule has 156 valence electrons. The van der Waals surface area contributed by atoms with E-state index in [9.17, 15) is 14.4 Å². The van der Waals surface area contributed by atoms with Gasteiger partial charge in [0.05, 0.1) is 11.8 Å². The number of benzene rings is 3. The third kappa shape index (κ3) is 6.37. The SMILES string of the molecule is Cc1ccc(NC(=O)C(=O)NN=Cc2ccc(OC(=O)c3cccc(C)c3)cc2)cc1. The van der Waals surface area contributed by atoms with Crippen LogP contribution in [0, 0.1) is 13.8 Å². The smallest absolute Gasteiger partial charge is 0.343 e. The number of carbonyl (C=O) groups is 3. The number of nitrogens with zero attached hydrogens (tertiary/aromatic N) is 1. The molecule has 0 radical (unpaired) electrons. The number of hydrogen-bond donors (Lipinski definition) is 2. The molecule has 0 bridgehead atoms. The maximum atomic E-state index is 12.2. The van der Waals surface area contributed by atoms with E-state index in [1.807, 2.05) is 32.0 Å². The number of carbonyl (C=O) groups excluding carboxylic acids is 3. The highest BCUT2D eigenvalue weighted by molar-refractivity contribution is 6.39. The number of aryl methyl sites for hydroxylation is 2. The molecule has 2 amide bonds. The Kier molecular flexibility index (Phi) is 6.90. The number of amides is 2. The molecule has 0 atom stereocenters. The number of ether oxygens (including phenoxy) is 1. The zero-order valence-corrected chi connectivity index (χ0v) is 17.1. The fourth-order valence-corrected chi connectivity index (χ4v) is 2.60. The summed E-state index contributed by atoms with van der Waals surface area (Å²) in [5.74, 6) is -1.78. The summed E-state index contributed by atoms with van der Waals surface area (Å²) < 4.78 is 5.34. The Labute approximate surface area is 179 Å². The molecule has 3 rings (SSSR count). The predicted molar refractivity (Wildman–Crippen MR) is 118 cm³/mol. The number of rotatable bonds is 5. The first-order valence-electron chi connectivity index (χ1n) is 9.51. The molecular weight excluding hydrogens is 394 g/mol. The molecule has 0 aliphatic carbocycles. The molecule has 0 aliphatic heterocycles. The second-order valence-corrected chi connectivity index (χ2v) is 6.85. The summed E-state index contributed by atoms with van der Waals surface area (Å²) in [6.07, 6.45) is 1.38. The summed E-state index contributed by atoms with van der Waals surface area (Å²) in [6.45, 7) is 3.82. The number of hydrogen-bond acceptors (Lipinski definition) is 5. The first-order chi connectivity index (χ1) is 14.9. The second kappa shape index (κ2) is 9.98. The average molecular weight is 415 g/mol. The summed E-state index contributed by atoms with van der Waals surface area (Å²) in [6, 6.07) is 20.8. The van der Waals surface area contributed by atoms with Crippen LogP contribution >= 0.6 is 0 Å². The van der Waals surface area contributed by atoms with Gasteiger partial charge in [0.25, 0.3) is 0 Å². The van der Waals surface area contributed by atoms with Gasteiger partial charge in [0, 0.05) is 5.69 Å². The van der Waals surface area contributed by atoms with E-state index in [-0.39, 0.29) is 0 Å². The number of nitrogens with one attached hydrogen (secondary N) is 2. The molecule has 0 saturated carbocycles. The van der Waals surface area contributed by atoms with Crippen molar-refractivity contribution in [2.24, 2.45) is 5.10 Å². The van der Waals surface area contributed by atoms with Gasteiger partial charge in [0.2, 0.25) is 0 Å². The van der Waals surface area contributed by atoms with E-state index < -0.39 is 17.8 Å². The van der Waals surface area contributed by atoms with E-state index in [0.29, 0.717) is 22.6 Å². The Morgan fingerprint density at radius 2 is 1.55 bits per heavy atom. The highest BCUT2D eigenvalue weighted by atomic mass is 16.5. The lowest BCUT2D eigenvalue weighted by atomic mass is 10.1. The van der Waals surface area contributed by atoms with Gasteiger partial charge in [-0.05, 0) is 67.9 Å². The normalized spacial score (nSPS) is 10.5. The van der Waals surface area contributed by atoms with Crippen LogP contribution in [0.1, 0.15) is 27.0 Å². The Balaban J connectivity index is 1.50. The van der Waals surface area contributed by atoms with Crippen LogP contribution in [0.5, 0.6) is 5.75 Å². The van der Waals surface area contributed by atoms with Crippen molar-refractivity contribution in [2.45, 2.75) is 13.8 Å². The molecule has 3 aromatic carbocycles. The standard InChI is InChI=1S/C24H21N3O4/c1-16-6-10-20(11-7-16)26-22(28)23(29)27-25-15-18-8-12-21(13-9-18)31-24(30)19-5-3-4-17(2)14-19/h3-15H,1-2H3,(H,26,28)(H,27,29). The van der Waals surface area contributed by atoms with Gasteiger partial charge in [-0.25, -0.2) is 10.2 Å². The molecule has 0 aliphatic rings. The van der Waals surface area contributed by atoms with Crippen molar-refractivity contribution in [3.05, 3.63) is 95.1 Å². The lowest BCUT2D eigenvalue weighted by molar-refractivity contribution is -0.136. The van der Waals surface area contributed by atoms with Crippen molar-refractivity contribution in [1.82, 2.24) is 5.43 Å². The molecule has 0 spiro atoms. The van der Waals surface area contributed by atoms with Gasteiger partial charge in [0.15, 0.2) is 0 Å². The number of hydrazone groups is 1. The van der Waals surface area contributed by atoms with Crippen LogP contribution in [-0.2, 0) is 9.59 Å². The third-order valence-electron chi connectivity index (χ3n) is 4.24. The summed E-state index contributed by atoms with van der Waals surface area (Å²) in [5.41, 5.74) is 5.82. The quantitative estimate of drug-likeness (QED) is 0.219. The van der Waals surface area contributed by atoms with Gasteiger partial charge >= 0.3 is 17.8 Å². The van der Waals surface area contributed by atoms with Gasteiger partial charge in [-0.15, -0.1) is 0 Å². The number of anilines is 1. The van der Waals surface area contributed by atoms with E-state index in [1.165, 1.54) is 6.21 Å². The topological polar surface area (TPSA) is 96.9 Å². The Morgan fingerprint density at radius 1 is 0.839 bits per heavy atom. The molecule has 31 heavy (non-hydrogen) atoms. The van der Waals surface area contributed by atoms with Crippen molar-refractivity contribution in [1.29, 1.82) is 0 Å². The lowest BCUT2D eigenvalue weighted by Crippen LogP contribution is -2.32. The first-order valence-corrected chi connectivity index (χ1v) is 9.51. The minimum Gasteiger partial charge on any atom is -0.423 e. The van der Waals surface area contributed by atoms with E-state index in [1.54, 1.807) is 54.6 Å². The monoisotopic (exact) mass is 415 g/mol. The Morgan fingerprint density at radius 3 is 2.23 bits per heavy atom. The molecule has 0 heterocycles. The van der Waals surface area contributed by atoms with Crippen molar-refractivity contribution in [3.8, 4) is 5.75 Å². The van der Waals surface area contributed by atoms with Crippen molar-refractivity contribution in [2.75, 3.05) is 5.32 Å².